The lowest BCUT2D eigenvalue weighted by Crippen LogP contribution is -2.25. The van der Waals surface area contributed by atoms with Gasteiger partial charge in [0.15, 0.2) is 0 Å². The maximum Gasteiger partial charge on any atom is 0.338 e. The molecule has 0 amide bonds. The lowest BCUT2D eigenvalue weighted by atomic mass is 9.79. The minimum atomic E-state index is -1.17. The number of ether oxygens (including phenoxy) is 1. The second-order valence-corrected chi connectivity index (χ2v) is 9.53. The van der Waals surface area contributed by atoms with E-state index in [1.807, 2.05) is 24.3 Å². The Hall–Kier alpha value is -1.55. The molecule has 0 N–H and O–H groups in total. The van der Waals surface area contributed by atoms with Crippen LogP contribution in [0.4, 0.5) is 0 Å². The lowest BCUT2D eigenvalue weighted by Gasteiger charge is -2.30. The minimum Gasteiger partial charge on any atom is -0.550 e. The summed E-state index contributed by atoms with van der Waals surface area (Å²) < 4.78 is 11.7. The van der Waals surface area contributed by atoms with Gasteiger partial charge in [-0.2, -0.15) is 0 Å². The molecule has 1 aromatic carbocycles. The zero-order chi connectivity index (χ0) is 16.3. The third-order valence-corrected chi connectivity index (χ3v) is 4.59. The summed E-state index contributed by atoms with van der Waals surface area (Å²) in [5.74, 6) is 1.05. The number of hydrogen-bond acceptors (Lipinski definition) is 3. The van der Waals surface area contributed by atoms with Crippen LogP contribution in [0.25, 0.3) is 0 Å². The van der Waals surface area contributed by atoms with E-state index in [1.165, 1.54) is 0 Å². The molecule has 22 heavy (non-hydrogen) atoms. The van der Waals surface area contributed by atoms with Crippen LogP contribution >= 0.6 is 0 Å². The summed E-state index contributed by atoms with van der Waals surface area (Å²) in [6.45, 7) is 10.9. The van der Waals surface area contributed by atoms with Gasteiger partial charge in [-0.15, -0.1) is 0 Å². The number of rotatable bonds is 4. The monoisotopic (exact) mass is 318 g/mol. The Morgan fingerprint density at radius 1 is 1.18 bits per heavy atom. The van der Waals surface area contributed by atoms with Crippen molar-refractivity contribution in [3.63, 3.8) is 0 Å². The number of hydrogen-bond donors (Lipinski definition) is 0. The van der Waals surface area contributed by atoms with E-state index < -0.39 is 9.04 Å². The van der Waals surface area contributed by atoms with Gasteiger partial charge in [-0.1, -0.05) is 39.0 Å². The predicted molar refractivity (Wildman–Crippen MR) is 91.3 cm³/mol. The third-order valence-electron chi connectivity index (χ3n) is 3.85. The molecule has 0 saturated carbocycles. The van der Waals surface area contributed by atoms with E-state index in [0.717, 1.165) is 12.2 Å². The Labute approximate surface area is 135 Å². The maximum absolute atomic E-state index is 12.2. The molecular formula is C18H26O3Si. The third kappa shape index (κ3) is 4.23. The van der Waals surface area contributed by atoms with Crippen LogP contribution < -0.4 is 0 Å². The summed E-state index contributed by atoms with van der Waals surface area (Å²) in [7, 11) is -1.17. The Morgan fingerprint density at radius 2 is 1.82 bits per heavy atom. The lowest BCUT2D eigenvalue weighted by molar-refractivity contribution is 0.0353. The Balaban J connectivity index is 2.09. The molecule has 3 nitrogen and oxygen atoms in total. The molecule has 2 atom stereocenters. The standard InChI is InChI=1S/C18H26O3Si/c1-18(2,3)15-11-14(12-16(15)21-22(4)5)20-17(19)13-9-7-6-8-10-13/h6-10,12,14-15,22H,11H2,1-5H3. The van der Waals surface area contributed by atoms with Crippen LogP contribution in [-0.2, 0) is 9.16 Å². The van der Waals surface area contributed by atoms with E-state index in [-0.39, 0.29) is 17.5 Å². The molecule has 4 heteroatoms. The topological polar surface area (TPSA) is 35.5 Å². The van der Waals surface area contributed by atoms with E-state index in [4.69, 9.17) is 9.16 Å². The van der Waals surface area contributed by atoms with Crippen LogP contribution in [0.1, 0.15) is 37.6 Å². The number of carbonyl (C=O) groups is 1. The Morgan fingerprint density at radius 3 is 2.36 bits per heavy atom. The molecule has 2 rings (SSSR count). The highest BCUT2D eigenvalue weighted by molar-refractivity contribution is 6.48. The number of benzene rings is 1. The fourth-order valence-electron chi connectivity index (χ4n) is 2.75. The zero-order valence-corrected chi connectivity index (χ0v) is 15.3. The first kappa shape index (κ1) is 16.8. The molecule has 0 aromatic heterocycles. The molecule has 0 saturated heterocycles. The number of carbonyl (C=O) groups excluding carboxylic acids is 1. The molecule has 0 radical (unpaired) electrons. The first-order valence-corrected chi connectivity index (χ1v) is 10.7. The predicted octanol–water partition coefficient (Wildman–Crippen LogP) is 4.16. The smallest absolute Gasteiger partial charge is 0.338 e. The van der Waals surface area contributed by atoms with Gasteiger partial charge in [-0.25, -0.2) is 4.79 Å². The molecule has 2 unspecified atom stereocenters. The van der Waals surface area contributed by atoms with E-state index >= 15 is 0 Å². The number of esters is 1. The molecule has 0 fully saturated rings. The van der Waals surface area contributed by atoms with Gasteiger partial charge in [0.05, 0.1) is 11.3 Å². The second-order valence-electron chi connectivity index (χ2n) is 7.20. The average Bonchev–Trinajstić information content (AvgIpc) is 2.81. The van der Waals surface area contributed by atoms with Gasteiger partial charge < -0.3 is 9.16 Å². The minimum absolute atomic E-state index is 0.100. The molecule has 1 aliphatic carbocycles. The van der Waals surface area contributed by atoms with Gasteiger partial charge in [0, 0.05) is 5.92 Å². The quantitative estimate of drug-likeness (QED) is 0.617. The summed E-state index contributed by atoms with van der Waals surface area (Å²) in [5, 5.41) is 0. The van der Waals surface area contributed by atoms with E-state index in [9.17, 15) is 4.79 Å². The maximum atomic E-state index is 12.2. The van der Waals surface area contributed by atoms with E-state index in [2.05, 4.69) is 33.9 Å². The fourth-order valence-corrected chi connectivity index (χ4v) is 3.54. The fraction of sp³-hybridized carbons (Fsp3) is 0.500. The molecule has 0 aliphatic heterocycles. The van der Waals surface area contributed by atoms with Crippen LogP contribution in [0.5, 0.6) is 0 Å². The van der Waals surface area contributed by atoms with Crippen molar-refractivity contribution < 1.29 is 14.0 Å². The normalized spacial score (nSPS) is 21.6. The molecule has 0 bridgehead atoms. The van der Waals surface area contributed by atoms with Gasteiger partial charge in [0.1, 0.15) is 6.10 Å². The molecular weight excluding hydrogens is 292 g/mol. The largest absolute Gasteiger partial charge is 0.550 e. The summed E-state index contributed by atoms with van der Waals surface area (Å²) >= 11 is 0. The summed E-state index contributed by atoms with van der Waals surface area (Å²) in [6.07, 6.45) is 2.61. The van der Waals surface area contributed by atoms with Crippen LogP contribution in [0.3, 0.4) is 0 Å². The molecule has 120 valence electrons. The summed E-state index contributed by atoms with van der Waals surface area (Å²) in [5.41, 5.74) is 0.694. The first-order chi connectivity index (χ1) is 10.3. The van der Waals surface area contributed by atoms with Crippen molar-refractivity contribution >= 4 is 15.0 Å². The highest BCUT2D eigenvalue weighted by atomic mass is 28.3. The average molecular weight is 318 g/mol. The van der Waals surface area contributed by atoms with Crippen molar-refractivity contribution in [2.75, 3.05) is 0 Å². The SMILES string of the molecule is C[SiH](C)OC1=CC(OC(=O)c2ccccc2)CC1C(C)(C)C. The zero-order valence-electron chi connectivity index (χ0n) is 14.1. The summed E-state index contributed by atoms with van der Waals surface area (Å²) in [6, 6.07) is 9.14. The molecule has 0 heterocycles. The Kier molecular flexibility index (Phi) is 5.11. The van der Waals surface area contributed by atoms with Gasteiger partial charge >= 0.3 is 5.97 Å². The van der Waals surface area contributed by atoms with Crippen molar-refractivity contribution in [1.29, 1.82) is 0 Å². The van der Waals surface area contributed by atoms with E-state index in [1.54, 1.807) is 12.1 Å². The van der Waals surface area contributed by atoms with Crippen LogP contribution in [0, 0.1) is 11.3 Å². The number of allylic oxidation sites excluding steroid dienone is 1. The highest BCUT2D eigenvalue weighted by Crippen LogP contribution is 2.41. The molecule has 0 spiro atoms. The first-order valence-electron chi connectivity index (χ1n) is 7.92. The Bertz CT molecular complexity index is 543. The van der Waals surface area contributed by atoms with E-state index in [0.29, 0.717) is 11.5 Å². The van der Waals surface area contributed by atoms with Crippen molar-refractivity contribution in [3.8, 4) is 0 Å². The van der Waals surface area contributed by atoms with Gasteiger partial charge in [-0.3, -0.25) is 0 Å². The van der Waals surface area contributed by atoms with Crippen LogP contribution in [0.2, 0.25) is 13.1 Å². The van der Waals surface area contributed by atoms with Crippen molar-refractivity contribution in [1.82, 2.24) is 0 Å². The van der Waals surface area contributed by atoms with Crippen molar-refractivity contribution in [2.45, 2.75) is 46.4 Å². The van der Waals surface area contributed by atoms with Crippen LogP contribution in [-0.4, -0.2) is 21.1 Å². The highest BCUT2D eigenvalue weighted by Gasteiger charge is 2.38. The molecule has 1 aliphatic rings. The van der Waals surface area contributed by atoms with Crippen molar-refractivity contribution in [3.05, 3.63) is 47.7 Å². The summed E-state index contributed by atoms with van der Waals surface area (Å²) in [4.78, 5) is 12.2. The van der Waals surface area contributed by atoms with Gasteiger partial charge in [0.2, 0.25) is 9.04 Å². The van der Waals surface area contributed by atoms with Crippen LogP contribution in [0.15, 0.2) is 42.2 Å². The second kappa shape index (κ2) is 6.69. The van der Waals surface area contributed by atoms with Crippen molar-refractivity contribution in [2.24, 2.45) is 11.3 Å². The van der Waals surface area contributed by atoms with Gasteiger partial charge in [-0.05, 0) is 43.1 Å². The van der Waals surface area contributed by atoms with Gasteiger partial charge in [0.25, 0.3) is 0 Å². The molecule has 1 aromatic rings.